The molecule has 1 heterocycles. The zero-order valence-electron chi connectivity index (χ0n) is 10.8. The molecule has 1 fully saturated rings. The number of amides is 1. The number of H-pyrrole nitrogens is 1. The van der Waals surface area contributed by atoms with Gasteiger partial charge in [0.15, 0.2) is 0 Å². The van der Waals surface area contributed by atoms with Gasteiger partial charge in [-0.2, -0.15) is 0 Å². The van der Waals surface area contributed by atoms with E-state index in [1.807, 2.05) is 30.5 Å². The Kier molecular flexibility index (Phi) is 3.51. The van der Waals surface area contributed by atoms with Gasteiger partial charge in [-0.05, 0) is 30.9 Å². The number of carbonyl (C=O) groups excluding carboxylic acids is 1. The van der Waals surface area contributed by atoms with Crippen molar-refractivity contribution in [2.75, 3.05) is 19.8 Å². The largest absolute Gasteiger partial charge is 0.379 e. The van der Waals surface area contributed by atoms with Crippen LogP contribution < -0.4 is 5.32 Å². The Bertz CT molecular complexity index is 572. The van der Waals surface area contributed by atoms with Crippen LogP contribution in [-0.4, -0.2) is 30.6 Å². The number of nitrogens with one attached hydrogen (secondary N) is 2. The van der Waals surface area contributed by atoms with Crippen LogP contribution in [0.15, 0.2) is 30.5 Å². The van der Waals surface area contributed by atoms with Crippen molar-refractivity contribution >= 4 is 16.8 Å². The van der Waals surface area contributed by atoms with E-state index in [1.165, 1.54) is 12.8 Å². The van der Waals surface area contributed by atoms with Crippen molar-refractivity contribution in [1.29, 1.82) is 0 Å². The van der Waals surface area contributed by atoms with Crippen LogP contribution in [0.3, 0.4) is 0 Å². The van der Waals surface area contributed by atoms with Gasteiger partial charge in [-0.3, -0.25) is 4.79 Å². The number of para-hydroxylation sites is 1. The molecular weight excluding hydrogens is 240 g/mol. The fraction of sp³-hybridized carbons (Fsp3) is 0.400. The van der Waals surface area contributed by atoms with Gasteiger partial charge in [0.25, 0.3) is 5.91 Å². The summed E-state index contributed by atoms with van der Waals surface area (Å²) in [5.74, 6) is 0.714. The average molecular weight is 258 g/mol. The van der Waals surface area contributed by atoms with Gasteiger partial charge in [0.05, 0.1) is 17.7 Å². The number of ether oxygens (including phenoxy) is 1. The number of aromatic amines is 1. The molecule has 4 heteroatoms. The van der Waals surface area contributed by atoms with Crippen LogP contribution in [0.1, 0.15) is 23.2 Å². The van der Waals surface area contributed by atoms with Gasteiger partial charge in [-0.15, -0.1) is 0 Å². The maximum absolute atomic E-state index is 12.1. The molecule has 1 aromatic carbocycles. The molecule has 1 aliphatic rings. The third kappa shape index (κ3) is 2.96. The molecule has 0 bridgehead atoms. The number of carbonyl (C=O) groups is 1. The molecule has 0 aliphatic heterocycles. The summed E-state index contributed by atoms with van der Waals surface area (Å²) in [5.41, 5.74) is 1.57. The molecule has 1 saturated carbocycles. The standard InChI is InChI=1S/C15H18N2O2/c18-15(17-8-9-19-10-11-4-5-11)13-3-1-2-12-6-7-16-14(12)13/h1-3,6-7,11,16H,4-5,8-10H2,(H,17,18). The highest BCUT2D eigenvalue weighted by atomic mass is 16.5. The van der Waals surface area contributed by atoms with Gasteiger partial charge in [-0.25, -0.2) is 0 Å². The molecule has 0 unspecified atom stereocenters. The second-order valence-electron chi connectivity index (χ2n) is 5.02. The molecule has 100 valence electrons. The fourth-order valence-electron chi connectivity index (χ4n) is 2.14. The Morgan fingerprint density at radius 3 is 3.11 bits per heavy atom. The van der Waals surface area contributed by atoms with E-state index in [9.17, 15) is 4.79 Å². The van der Waals surface area contributed by atoms with Crippen molar-refractivity contribution in [2.24, 2.45) is 5.92 Å². The maximum Gasteiger partial charge on any atom is 0.253 e. The first-order valence-corrected chi connectivity index (χ1v) is 6.76. The van der Waals surface area contributed by atoms with Crippen LogP contribution >= 0.6 is 0 Å². The monoisotopic (exact) mass is 258 g/mol. The summed E-state index contributed by atoms with van der Waals surface area (Å²) in [6.07, 6.45) is 4.43. The molecule has 1 amide bonds. The first-order chi connectivity index (χ1) is 9.34. The number of hydrogen-bond donors (Lipinski definition) is 2. The van der Waals surface area contributed by atoms with Crippen LogP contribution in [0.25, 0.3) is 10.9 Å². The van der Waals surface area contributed by atoms with Crippen molar-refractivity contribution in [3.63, 3.8) is 0 Å². The molecule has 0 radical (unpaired) electrons. The topological polar surface area (TPSA) is 54.1 Å². The quantitative estimate of drug-likeness (QED) is 0.781. The molecule has 2 aromatic rings. The third-order valence-corrected chi connectivity index (χ3v) is 3.41. The molecule has 0 spiro atoms. The molecule has 0 atom stereocenters. The first kappa shape index (κ1) is 12.2. The lowest BCUT2D eigenvalue weighted by molar-refractivity contribution is 0.0908. The third-order valence-electron chi connectivity index (χ3n) is 3.41. The average Bonchev–Trinajstić information content (AvgIpc) is 3.12. The maximum atomic E-state index is 12.1. The van der Waals surface area contributed by atoms with Crippen LogP contribution in [0.5, 0.6) is 0 Å². The molecular formula is C15H18N2O2. The van der Waals surface area contributed by atoms with E-state index in [-0.39, 0.29) is 5.91 Å². The molecule has 19 heavy (non-hydrogen) atoms. The van der Waals surface area contributed by atoms with Crippen molar-refractivity contribution in [2.45, 2.75) is 12.8 Å². The van der Waals surface area contributed by atoms with Gasteiger partial charge in [0.2, 0.25) is 0 Å². The molecule has 0 saturated heterocycles. The number of aromatic nitrogens is 1. The van der Waals surface area contributed by atoms with Crippen LogP contribution in [0.2, 0.25) is 0 Å². The number of rotatable bonds is 6. The summed E-state index contributed by atoms with van der Waals surface area (Å²) in [7, 11) is 0. The van der Waals surface area contributed by atoms with E-state index in [4.69, 9.17) is 4.74 Å². The van der Waals surface area contributed by atoms with E-state index < -0.39 is 0 Å². The second-order valence-corrected chi connectivity index (χ2v) is 5.02. The predicted molar refractivity (Wildman–Crippen MR) is 74.2 cm³/mol. The van der Waals surface area contributed by atoms with Crippen molar-refractivity contribution < 1.29 is 9.53 Å². The van der Waals surface area contributed by atoms with Gasteiger partial charge in [0.1, 0.15) is 0 Å². The minimum Gasteiger partial charge on any atom is -0.379 e. The van der Waals surface area contributed by atoms with Crippen molar-refractivity contribution in [3.8, 4) is 0 Å². The van der Waals surface area contributed by atoms with E-state index in [0.29, 0.717) is 18.7 Å². The first-order valence-electron chi connectivity index (χ1n) is 6.76. The van der Waals surface area contributed by atoms with Crippen molar-refractivity contribution in [1.82, 2.24) is 10.3 Å². The lowest BCUT2D eigenvalue weighted by Crippen LogP contribution is -2.27. The minimum atomic E-state index is -0.0527. The van der Waals surface area contributed by atoms with E-state index in [1.54, 1.807) is 0 Å². The zero-order chi connectivity index (χ0) is 13.1. The lowest BCUT2D eigenvalue weighted by Gasteiger charge is -2.07. The SMILES string of the molecule is O=C(NCCOCC1CC1)c1cccc2cc[nH]c12. The summed E-state index contributed by atoms with van der Waals surface area (Å²) in [6.45, 7) is 1.98. The van der Waals surface area contributed by atoms with E-state index in [0.717, 1.165) is 23.4 Å². The Morgan fingerprint density at radius 1 is 1.37 bits per heavy atom. The Hall–Kier alpha value is -1.81. The number of fused-ring (bicyclic) bond motifs is 1. The summed E-state index contributed by atoms with van der Waals surface area (Å²) < 4.78 is 5.49. The van der Waals surface area contributed by atoms with E-state index >= 15 is 0 Å². The minimum absolute atomic E-state index is 0.0527. The Labute approximate surface area is 112 Å². The van der Waals surface area contributed by atoms with Gasteiger partial charge < -0.3 is 15.0 Å². The summed E-state index contributed by atoms with van der Waals surface area (Å²) in [6, 6.07) is 7.68. The summed E-state index contributed by atoms with van der Waals surface area (Å²) >= 11 is 0. The lowest BCUT2D eigenvalue weighted by atomic mass is 10.1. The molecule has 4 nitrogen and oxygen atoms in total. The van der Waals surface area contributed by atoms with Gasteiger partial charge >= 0.3 is 0 Å². The Morgan fingerprint density at radius 2 is 2.26 bits per heavy atom. The smallest absolute Gasteiger partial charge is 0.253 e. The van der Waals surface area contributed by atoms with Crippen LogP contribution in [0.4, 0.5) is 0 Å². The van der Waals surface area contributed by atoms with Gasteiger partial charge in [-0.1, -0.05) is 12.1 Å². The summed E-state index contributed by atoms with van der Waals surface area (Å²) in [5, 5.41) is 3.94. The van der Waals surface area contributed by atoms with Crippen LogP contribution in [0, 0.1) is 5.92 Å². The Balaban J connectivity index is 1.52. The van der Waals surface area contributed by atoms with Crippen molar-refractivity contribution in [3.05, 3.63) is 36.0 Å². The fourth-order valence-corrected chi connectivity index (χ4v) is 2.14. The highest BCUT2D eigenvalue weighted by Crippen LogP contribution is 2.28. The molecule has 3 rings (SSSR count). The number of benzene rings is 1. The highest BCUT2D eigenvalue weighted by Gasteiger charge is 2.20. The molecule has 2 N–H and O–H groups in total. The van der Waals surface area contributed by atoms with Gasteiger partial charge in [0, 0.05) is 24.7 Å². The molecule has 1 aliphatic carbocycles. The normalized spacial score (nSPS) is 14.7. The number of hydrogen-bond acceptors (Lipinski definition) is 2. The molecule has 1 aromatic heterocycles. The summed E-state index contributed by atoms with van der Waals surface area (Å²) in [4.78, 5) is 15.2. The second kappa shape index (κ2) is 5.45. The predicted octanol–water partition coefficient (Wildman–Crippen LogP) is 2.32. The van der Waals surface area contributed by atoms with E-state index in [2.05, 4.69) is 10.3 Å². The zero-order valence-corrected chi connectivity index (χ0v) is 10.8. The highest BCUT2D eigenvalue weighted by molar-refractivity contribution is 6.05. The van der Waals surface area contributed by atoms with Crippen LogP contribution in [-0.2, 0) is 4.74 Å².